The summed E-state index contributed by atoms with van der Waals surface area (Å²) in [7, 11) is 0. The maximum Gasteiger partial charge on any atom is 0.00991 e. The van der Waals surface area contributed by atoms with E-state index in [1.165, 1.54) is 38.6 Å². The summed E-state index contributed by atoms with van der Waals surface area (Å²) < 4.78 is 0. The van der Waals surface area contributed by atoms with E-state index in [0.717, 1.165) is 12.0 Å². The quantitative estimate of drug-likeness (QED) is 0.626. The van der Waals surface area contributed by atoms with E-state index in [2.05, 4.69) is 11.7 Å². The van der Waals surface area contributed by atoms with Gasteiger partial charge in [0, 0.05) is 6.04 Å². The minimum atomic E-state index is 0.764. The average molecular weight is 138 g/mol. The molecule has 0 aromatic rings. The molecule has 0 amide bonds. The third-order valence-electron chi connectivity index (χ3n) is 2.55. The van der Waals surface area contributed by atoms with Gasteiger partial charge in [0.05, 0.1) is 0 Å². The minimum Gasteiger partial charge on any atom is -0.314 e. The highest BCUT2D eigenvalue weighted by Crippen LogP contribution is 2.34. The molecule has 1 N–H and O–H groups in total. The van der Waals surface area contributed by atoms with Gasteiger partial charge in [0.25, 0.3) is 0 Å². The van der Waals surface area contributed by atoms with Crippen molar-refractivity contribution in [2.75, 3.05) is 6.54 Å². The van der Waals surface area contributed by atoms with Crippen molar-refractivity contribution in [3.63, 3.8) is 0 Å². The van der Waals surface area contributed by atoms with Crippen LogP contribution >= 0.6 is 0 Å². The Morgan fingerprint density at radius 3 is 2.80 bits per heavy atom. The minimum absolute atomic E-state index is 0.764. The van der Waals surface area contributed by atoms with Crippen molar-refractivity contribution in [2.24, 2.45) is 5.92 Å². The smallest absolute Gasteiger partial charge is 0.00991 e. The van der Waals surface area contributed by atoms with E-state index in [1.54, 1.807) is 0 Å². The molecule has 1 heterocycles. The van der Waals surface area contributed by atoms with Gasteiger partial charge in [-0.25, -0.2) is 0 Å². The van der Waals surface area contributed by atoms with Crippen LogP contribution in [-0.4, -0.2) is 12.6 Å². The van der Waals surface area contributed by atoms with Crippen molar-refractivity contribution in [1.29, 1.82) is 0 Å². The summed E-state index contributed by atoms with van der Waals surface area (Å²) in [6.07, 6.45) is 9.60. The second kappa shape index (κ2) is 2.91. The fourth-order valence-corrected chi connectivity index (χ4v) is 1.62. The molecule has 1 atom stereocenters. The highest BCUT2D eigenvalue weighted by molar-refractivity contribution is 4.91. The van der Waals surface area contributed by atoms with Crippen LogP contribution in [0.4, 0.5) is 0 Å². The molecular formula is C9H16N. The van der Waals surface area contributed by atoms with E-state index in [-0.39, 0.29) is 0 Å². The van der Waals surface area contributed by atoms with Crippen LogP contribution in [0.25, 0.3) is 0 Å². The largest absolute Gasteiger partial charge is 0.314 e. The summed E-state index contributed by atoms with van der Waals surface area (Å²) in [5.41, 5.74) is 0. The second-order valence-corrected chi connectivity index (χ2v) is 3.62. The Balaban J connectivity index is 1.59. The maximum absolute atomic E-state index is 3.48. The highest BCUT2D eigenvalue weighted by Gasteiger charge is 2.23. The molecular weight excluding hydrogens is 122 g/mol. The molecule has 1 nitrogen and oxygen atoms in total. The van der Waals surface area contributed by atoms with Gasteiger partial charge >= 0.3 is 0 Å². The molecule has 1 saturated heterocycles. The molecule has 10 heavy (non-hydrogen) atoms. The van der Waals surface area contributed by atoms with E-state index in [0.29, 0.717) is 0 Å². The topological polar surface area (TPSA) is 12.0 Å². The van der Waals surface area contributed by atoms with Crippen LogP contribution in [-0.2, 0) is 0 Å². The summed E-state index contributed by atoms with van der Waals surface area (Å²) in [5.74, 6) is 1.07. The molecule has 2 fully saturated rings. The van der Waals surface area contributed by atoms with E-state index in [4.69, 9.17) is 0 Å². The fraction of sp³-hybridized carbons (Fsp3) is 0.889. The van der Waals surface area contributed by atoms with E-state index < -0.39 is 0 Å². The van der Waals surface area contributed by atoms with Crippen molar-refractivity contribution in [1.82, 2.24) is 5.32 Å². The molecule has 0 bridgehead atoms. The monoisotopic (exact) mass is 138 g/mol. The third kappa shape index (κ3) is 1.72. The van der Waals surface area contributed by atoms with Gasteiger partial charge in [-0.05, 0) is 38.1 Å². The number of rotatable bonds is 3. The second-order valence-electron chi connectivity index (χ2n) is 3.62. The van der Waals surface area contributed by atoms with E-state index in [1.807, 2.05) is 0 Å². The summed E-state index contributed by atoms with van der Waals surface area (Å²) in [6.45, 7) is 1.24. The molecule has 1 saturated carbocycles. The van der Waals surface area contributed by atoms with Gasteiger partial charge in [0.15, 0.2) is 0 Å². The normalized spacial score (nSPS) is 33.0. The summed E-state index contributed by atoms with van der Waals surface area (Å²) in [4.78, 5) is 0. The maximum atomic E-state index is 3.48. The first-order chi connectivity index (χ1) is 4.95. The molecule has 1 heteroatoms. The molecule has 2 aliphatic rings. The Morgan fingerprint density at radius 2 is 2.20 bits per heavy atom. The summed E-state index contributed by atoms with van der Waals surface area (Å²) in [5, 5.41) is 3.48. The van der Waals surface area contributed by atoms with Crippen molar-refractivity contribution >= 4 is 0 Å². The van der Waals surface area contributed by atoms with Crippen molar-refractivity contribution in [3.8, 4) is 0 Å². The molecule has 2 rings (SSSR count). The van der Waals surface area contributed by atoms with Crippen molar-refractivity contribution in [3.05, 3.63) is 6.42 Å². The Bertz CT molecular complexity index is 101. The van der Waals surface area contributed by atoms with Gasteiger partial charge in [-0.15, -0.1) is 0 Å². The highest BCUT2D eigenvalue weighted by atomic mass is 14.9. The first-order valence-corrected chi connectivity index (χ1v) is 4.52. The molecule has 0 spiro atoms. The fourth-order valence-electron chi connectivity index (χ4n) is 1.62. The summed E-state index contributed by atoms with van der Waals surface area (Å²) in [6, 6.07) is 0.764. The lowest BCUT2D eigenvalue weighted by molar-refractivity contribution is 0.628. The SMILES string of the molecule is [CH](CC1CC1)C1CCCN1. The van der Waals surface area contributed by atoms with Crippen LogP contribution in [0.15, 0.2) is 0 Å². The Kier molecular flexibility index (Phi) is 1.94. The number of hydrogen-bond donors (Lipinski definition) is 1. The van der Waals surface area contributed by atoms with Crippen LogP contribution in [0.1, 0.15) is 32.1 Å². The molecule has 57 valence electrons. The standard InChI is InChI=1S/C9H16N/c1-2-9(10-7-1)6-5-8-3-4-8/h6,8-10H,1-5,7H2. The Hall–Kier alpha value is -0.0400. The van der Waals surface area contributed by atoms with Crippen molar-refractivity contribution < 1.29 is 0 Å². The van der Waals surface area contributed by atoms with Crippen LogP contribution in [0, 0.1) is 12.3 Å². The van der Waals surface area contributed by atoms with Crippen LogP contribution in [0.2, 0.25) is 0 Å². The molecule has 0 aromatic heterocycles. The van der Waals surface area contributed by atoms with Gasteiger partial charge < -0.3 is 5.32 Å². The molecule has 1 radical (unpaired) electrons. The van der Waals surface area contributed by atoms with Gasteiger partial charge in [0.2, 0.25) is 0 Å². The molecule has 1 unspecified atom stereocenters. The lowest BCUT2D eigenvalue weighted by atomic mass is 10.1. The zero-order chi connectivity index (χ0) is 6.81. The predicted octanol–water partition coefficient (Wildman–Crippen LogP) is 1.74. The van der Waals surface area contributed by atoms with E-state index in [9.17, 15) is 0 Å². The molecule has 1 aliphatic heterocycles. The molecule has 0 aromatic carbocycles. The third-order valence-corrected chi connectivity index (χ3v) is 2.55. The van der Waals surface area contributed by atoms with E-state index >= 15 is 0 Å². The first-order valence-electron chi connectivity index (χ1n) is 4.52. The van der Waals surface area contributed by atoms with Gasteiger partial charge in [-0.2, -0.15) is 0 Å². The number of nitrogens with one attached hydrogen (secondary N) is 1. The van der Waals surface area contributed by atoms with Gasteiger partial charge in [0.1, 0.15) is 0 Å². The van der Waals surface area contributed by atoms with Gasteiger partial charge in [-0.1, -0.05) is 12.8 Å². The van der Waals surface area contributed by atoms with Crippen LogP contribution < -0.4 is 5.32 Å². The lowest BCUT2D eigenvalue weighted by Gasteiger charge is -2.07. The van der Waals surface area contributed by atoms with Crippen molar-refractivity contribution in [2.45, 2.75) is 38.1 Å². The summed E-state index contributed by atoms with van der Waals surface area (Å²) >= 11 is 0. The average Bonchev–Trinajstić information content (AvgIpc) is 2.63. The zero-order valence-electron chi connectivity index (χ0n) is 6.47. The zero-order valence-corrected chi connectivity index (χ0v) is 6.47. The number of hydrogen-bond acceptors (Lipinski definition) is 1. The first kappa shape index (κ1) is 6.66. The Morgan fingerprint density at radius 1 is 1.30 bits per heavy atom. The van der Waals surface area contributed by atoms with Gasteiger partial charge in [-0.3, -0.25) is 0 Å². The molecule has 1 aliphatic carbocycles. The Labute approximate surface area is 63.2 Å². The van der Waals surface area contributed by atoms with Crippen LogP contribution in [0.3, 0.4) is 0 Å². The predicted molar refractivity (Wildman–Crippen MR) is 42.7 cm³/mol. The van der Waals surface area contributed by atoms with Crippen LogP contribution in [0.5, 0.6) is 0 Å². The lowest BCUT2D eigenvalue weighted by Crippen LogP contribution is -2.21.